The summed E-state index contributed by atoms with van der Waals surface area (Å²) in [4.78, 5) is 2.21. The second-order valence-electron chi connectivity index (χ2n) is 5.94. The Bertz CT molecular complexity index is 465. The molecule has 0 amide bonds. The van der Waals surface area contributed by atoms with Crippen molar-refractivity contribution in [3.8, 4) is 0 Å². The Morgan fingerprint density at radius 2 is 1.67 bits per heavy atom. The molecule has 0 unspecified atom stereocenters. The van der Waals surface area contributed by atoms with Crippen LogP contribution in [0.1, 0.15) is 63.5 Å². The minimum Gasteiger partial charge on any atom is -0.382 e. The molecule has 1 heterocycles. The number of unbranched alkanes of at least 4 members (excludes halogenated alkanes) is 5. The van der Waals surface area contributed by atoms with Gasteiger partial charge < -0.3 is 22.2 Å². The van der Waals surface area contributed by atoms with Gasteiger partial charge in [-0.3, -0.25) is 0 Å². The fourth-order valence-electron chi connectivity index (χ4n) is 2.63. The molecule has 0 bridgehead atoms. The fraction of sp³-hybridized carbons (Fsp3) is 0.632. The average Bonchev–Trinajstić information content (AvgIpc) is 3.01. The van der Waals surface area contributed by atoms with Crippen molar-refractivity contribution in [3.63, 3.8) is 0 Å². The maximum absolute atomic E-state index is 5.64. The quantitative estimate of drug-likeness (QED) is 0.245. The molecule has 6 N–H and O–H groups in total. The van der Waals surface area contributed by atoms with Crippen molar-refractivity contribution in [3.05, 3.63) is 29.3 Å². The van der Waals surface area contributed by atoms with Crippen LogP contribution in [0.25, 0.3) is 0 Å². The van der Waals surface area contributed by atoms with Crippen LogP contribution in [0.3, 0.4) is 0 Å². The molecule has 5 heteroatoms. The van der Waals surface area contributed by atoms with Crippen molar-refractivity contribution in [2.24, 2.45) is 22.4 Å². The van der Waals surface area contributed by atoms with E-state index in [1.165, 1.54) is 56.8 Å². The van der Waals surface area contributed by atoms with Crippen LogP contribution < -0.4 is 22.2 Å². The largest absolute Gasteiger partial charge is 0.382 e. The first-order chi connectivity index (χ1) is 11.6. The van der Waals surface area contributed by atoms with Crippen LogP contribution in [0.4, 0.5) is 5.69 Å². The zero-order valence-electron chi connectivity index (χ0n) is 16.0. The second kappa shape index (κ2) is 13.7. The third-order valence-corrected chi connectivity index (χ3v) is 4.11. The maximum Gasteiger partial charge on any atom is 0.150 e. The van der Waals surface area contributed by atoms with E-state index >= 15 is 0 Å². The van der Waals surface area contributed by atoms with E-state index in [-0.39, 0.29) is 0 Å². The Kier molecular flexibility index (Phi) is 12.7. The highest BCUT2D eigenvalue weighted by Crippen LogP contribution is 2.27. The van der Waals surface area contributed by atoms with Gasteiger partial charge >= 0.3 is 0 Å². The Balaban J connectivity index is 0.000000456. The summed E-state index contributed by atoms with van der Waals surface area (Å²) in [6, 6.07) is 6.09. The van der Waals surface area contributed by atoms with Crippen LogP contribution in [-0.4, -0.2) is 26.5 Å². The number of hydrazone groups is 1. The van der Waals surface area contributed by atoms with Gasteiger partial charge in [0.1, 0.15) is 5.84 Å². The lowest BCUT2D eigenvalue weighted by Crippen LogP contribution is -2.17. The minimum absolute atomic E-state index is 0.383. The number of anilines is 1. The van der Waals surface area contributed by atoms with E-state index in [1.807, 2.05) is 12.1 Å². The lowest BCUT2D eigenvalue weighted by atomic mass is 10.1. The maximum atomic E-state index is 5.64. The van der Waals surface area contributed by atoms with Crippen LogP contribution >= 0.6 is 0 Å². The molecule has 138 valence electrons. The summed E-state index contributed by atoms with van der Waals surface area (Å²) >= 11 is 0. The van der Waals surface area contributed by atoms with Gasteiger partial charge in [-0.15, -0.1) is 0 Å². The van der Waals surface area contributed by atoms with Crippen LogP contribution in [-0.2, 0) is 6.42 Å². The minimum atomic E-state index is 0.383. The summed E-state index contributed by atoms with van der Waals surface area (Å²) in [5, 5.41) is 3.49. The topological polar surface area (TPSA) is 93.7 Å². The van der Waals surface area contributed by atoms with E-state index in [0.717, 1.165) is 18.5 Å². The summed E-state index contributed by atoms with van der Waals surface area (Å²) in [5.74, 6) is 5.52. The van der Waals surface area contributed by atoms with Crippen molar-refractivity contribution in [2.45, 2.75) is 58.8 Å². The number of amidine groups is 1. The highest BCUT2D eigenvalue weighted by Gasteiger charge is 2.16. The Labute approximate surface area is 148 Å². The Morgan fingerprint density at radius 1 is 1.08 bits per heavy atom. The lowest BCUT2D eigenvalue weighted by molar-refractivity contribution is 0.624. The molecule has 1 aromatic carbocycles. The van der Waals surface area contributed by atoms with Crippen molar-refractivity contribution >= 4 is 11.5 Å². The molecule has 0 saturated heterocycles. The van der Waals surface area contributed by atoms with Gasteiger partial charge in [0.15, 0.2) is 0 Å². The van der Waals surface area contributed by atoms with Gasteiger partial charge in [-0.2, -0.15) is 5.10 Å². The summed E-state index contributed by atoms with van der Waals surface area (Å²) in [7, 11) is 3.57. The number of nitrogens with zero attached hydrogens (tertiary/aromatic N) is 2. The normalized spacial score (nSPS) is 12.7. The Morgan fingerprint density at radius 3 is 2.17 bits per heavy atom. The molecule has 0 fully saturated rings. The van der Waals surface area contributed by atoms with Gasteiger partial charge in [0.25, 0.3) is 0 Å². The molecule has 0 aliphatic carbocycles. The van der Waals surface area contributed by atoms with Crippen LogP contribution in [0.5, 0.6) is 0 Å². The van der Waals surface area contributed by atoms with E-state index in [2.05, 4.69) is 42.7 Å². The van der Waals surface area contributed by atoms with Crippen LogP contribution in [0.2, 0.25) is 0 Å². The summed E-state index contributed by atoms with van der Waals surface area (Å²) < 4.78 is 0. The number of nitrogens with two attached hydrogens (primary N) is 3. The van der Waals surface area contributed by atoms with Gasteiger partial charge in [0.05, 0.1) is 0 Å². The van der Waals surface area contributed by atoms with Crippen LogP contribution in [0, 0.1) is 0 Å². The Hall–Kier alpha value is -1.75. The molecular weight excluding hydrogens is 298 g/mol. The number of fused-ring (bicyclic) bond motifs is 1. The van der Waals surface area contributed by atoms with Crippen molar-refractivity contribution in [1.29, 1.82) is 0 Å². The molecule has 24 heavy (non-hydrogen) atoms. The molecule has 0 radical (unpaired) electrons. The molecule has 1 aliphatic rings. The standard InChI is InChI=1S/C10H14N4.C8H18.CH5N/c1-14-5-4-7-2-3-8(6-9(7)14)10(11)13-12;1-3-5-7-8-6-4-2;1-2/h2-3,6H,4-5,12H2,1H3,(H2,11,13);3-8H2,1-2H3;2H2,1H3. The monoisotopic (exact) mass is 335 g/mol. The highest BCUT2D eigenvalue weighted by atomic mass is 15.2. The van der Waals surface area contributed by atoms with Crippen molar-refractivity contribution < 1.29 is 0 Å². The molecule has 5 nitrogen and oxygen atoms in total. The third kappa shape index (κ3) is 7.68. The zero-order chi connectivity index (χ0) is 18.4. The van der Waals surface area contributed by atoms with E-state index in [9.17, 15) is 0 Å². The van der Waals surface area contributed by atoms with Gasteiger partial charge in [0, 0.05) is 24.8 Å². The molecular formula is C19H37N5. The summed E-state index contributed by atoms with van der Waals surface area (Å²) in [6.45, 7) is 5.58. The first-order valence-electron chi connectivity index (χ1n) is 9.09. The predicted octanol–water partition coefficient (Wildman–Crippen LogP) is 3.20. The van der Waals surface area contributed by atoms with Crippen molar-refractivity contribution in [2.75, 3.05) is 25.5 Å². The number of benzene rings is 1. The first-order valence-corrected chi connectivity index (χ1v) is 9.09. The van der Waals surface area contributed by atoms with Crippen LogP contribution in [0.15, 0.2) is 23.3 Å². The average molecular weight is 336 g/mol. The highest BCUT2D eigenvalue weighted by molar-refractivity contribution is 5.98. The van der Waals surface area contributed by atoms with Gasteiger partial charge in [-0.05, 0) is 25.1 Å². The third-order valence-electron chi connectivity index (χ3n) is 4.11. The fourth-order valence-corrected chi connectivity index (χ4v) is 2.63. The SMILES string of the molecule is CCCCCCCC.CN.CN1CCc2ccc(/C(N)=N/N)cc21. The summed E-state index contributed by atoms with van der Waals surface area (Å²) in [5.41, 5.74) is 13.6. The smallest absolute Gasteiger partial charge is 0.150 e. The molecule has 1 aliphatic heterocycles. The molecule has 0 atom stereocenters. The number of hydrogen-bond donors (Lipinski definition) is 3. The van der Waals surface area contributed by atoms with E-state index in [1.54, 1.807) is 0 Å². The molecule has 2 rings (SSSR count). The summed E-state index contributed by atoms with van der Waals surface area (Å²) in [6.07, 6.45) is 9.59. The van der Waals surface area contributed by atoms with Gasteiger partial charge in [-0.25, -0.2) is 0 Å². The molecule has 0 saturated carbocycles. The number of hydrogen-bond acceptors (Lipinski definition) is 4. The van der Waals surface area contributed by atoms with E-state index in [4.69, 9.17) is 11.6 Å². The predicted molar refractivity (Wildman–Crippen MR) is 107 cm³/mol. The van der Waals surface area contributed by atoms with Crippen molar-refractivity contribution in [1.82, 2.24) is 0 Å². The number of likely N-dealkylation sites (N-methyl/N-ethyl adjacent to an activating group) is 1. The van der Waals surface area contributed by atoms with E-state index in [0.29, 0.717) is 5.84 Å². The van der Waals surface area contributed by atoms with Gasteiger partial charge in [-0.1, -0.05) is 64.5 Å². The second-order valence-corrected chi connectivity index (χ2v) is 5.94. The molecule has 0 spiro atoms. The molecule has 1 aromatic rings. The van der Waals surface area contributed by atoms with Gasteiger partial charge in [0.2, 0.25) is 0 Å². The zero-order valence-corrected chi connectivity index (χ0v) is 16.0. The lowest BCUT2D eigenvalue weighted by Gasteiger charge is -2.12. The molecule has 0 aromatic heterocycles. The first kappa shape index (κ1) is 22.2. The number of rotatable bonds is 6. The van der Waals surface area contributed by atoms with E-state index < -0.39 is 0 Å².